The Morgan fingerprint density at radius 1 is 1.08 bits per heavy atom. The average Bonchev–Trinajstić information content (AvgIpc) is 3.10. The van der Waals surface area contributed by atoms with Crippen molar-refractivity contribution in [3.8, 4) is 5.75 Å². The molecule has 1 amide bonds. The van der Waals surface area contributed by atoms with E-state index in [9.17, 15) is 4.79 Å². The highest BCUT2D eigenvalue weighted by Gasteiger charge is 2.20. The lowest BCUT2D eigenvalue weighted by Gasteiger charge is -2.12. The van der Waals surface area contributed by atoms with E-state index in [1.54, 1.807) is 24.3 Å². The Morgan fingerprint density at radius 2 is 1.85 bits per heavy atom. The van der Waals surface area contributed by atoms with Crippen LogP contribution in [0.4, 0.5) is 5.82 Å². The molecule has 0 saturated carbocycles. The maximum Gasteiger partial charge on any atom is 0.257 e. The van der Waals surface area contributed by atoms with Crippen LogP contribution in [0.25, 0.3) is 0 Å². The zero-order valence-corrected chi connectivity index (χ0v) is 15.2. The van der Waals surface area contributed by atoms with Gasteiger partial charge in [0.1, 0.15) is 18.1 Å². The van der Waals surface area contributed by atoms with E-state index in [4.69, 9.17) is 9.26 Å². The van der Waals surface area contributed by atoms with Gasteiger partial charge in [0, 0.05) is 17.0 Å². The molecule has 0 radical (unpaired) electrons. The normalized spacial score (nSPS) is 11.2. The summed E-state index contributed by atoms with van der Waals surface area (Å²) in [6.45, 7) is 6.51. The molecule has 3 rings (SSSR count). The highest BCUT2D eigenvalue weighted by atomic mass is 16.5. The summed E-state index contributed by atoms with van der Waals surface area (Å²) in [5.74, 6) is 1.49. The Balaban J connectivity index is 1.65. The molecule has 1 aromatic heterocycles. The Labute approximate surface area is 153 Å². The minimum atomic E-state index is -0.260. The number of carbonyl (C=O) groups excluding carboxylic acids is 1. The molecule has 5 nitrogen and oxygen atoms in total. The quantitative estimate of drug-likeness (QED) is 0.717. The number of nitrogens with zero attached hydrogens (tertiary/aromatic N) is 1. The van der Waals surface area contributed by atoms with Crippen molar-refractivity contribution in [1.29, 1.82) is 0 Å². The van der Waals surface area contributed by atoms with Crippen LogP contribution in [0.1, 0.15) is 42.5 Å². The maximum atomic E-state index is 12.5. The van der Waals surface area contributed by atoms with Crippen LogP contribution in [0.15, 0.2) is 65.2 Å². The van der Waals surface area contributed by atoms with Crippen LogP contribution in [0, 0.1) is 0 Å². The molecule has 0 aliphatic heterocycles. The van der Waals surface area contributed by atoms with Crippen LogP contribution in [-0.2, 0) is 12.0 Å². The summed E-state index contributed by atoms with van der Waals surface area (Å²) in [5.41, 5.74) is 1.40. The number of anilines is 1. The highest BCUT2D eigenvalue weighted by Crippen LogP contribution is 2.25. The van der Waals surface area contributed by atoms with Gasteiger partial charge in [0.05, 0.1) is 0 Å². The molecule has 3 aromatic rings. The molecule has 0 bridgehead atoms. The maximum absolute atomic E-state index is 12.5. The first-order valence-corrected chi connectivity index (χ1v) is 8.47. The van der Waals surface area contributed by atoms with Gasteiger partial charge >= 0.3 is 0 Å². The SMILES string of the molecule is CC(C)(C)c1cc(NC(=O)c2cccc(OCc3ccccc3)c2)no1. The fourth-order valence-electron chi connectivity index (χ4n) is 2.34. The molecule has 5 heteroatoms. The van der Waals surface area contributed by atoms with Crippen LogP contribution in [0.3, 0.4) is 0 Å². The molecule has 0 atom stereocenters. The van der Waals surface area contributed by atoms with Crippen molar-refractivity contribution >= 4 is 11.7 Å². The second-order valence-corrected chi connectivity index (χ2v) is 7.08. The van der Waals surface area contributed by atoms with Crippen molar-refractivity contribution in [3.05, 3.63) is 77.6 Å². The predicted octanol–water partition coefficient (Wildman–Crippen LogP) is 4.80. The Bertz CT molecular complexity index is 880. The average molecular weight is 350 g/mol. The highest BCUT2D eigenvalue weighted by molar-refractivity contribution is 6.03. The van der Waals surface area contributed by atoms with E-state index in [2.05, 4.69) is 10.5 Å². The Hall–Kier alpha value is -3.08. The summed E-state index contributed by atoms with van der Waals surface area (Å²) in [4.78, 5) is 12.5. The van der Waals surface area contributed by atoms with E-state index in [-0.39, 0.29) is 11.3 Å². The van der Waals surface area contributed by atoms with E-state index in [1.807, 2.05) is 57.2 Å². The van der Waals surface area contributed by atoms with E-state index in [0.29, 0.717) is 29.5 Å². The third-order valence-corrected chi connectivity index (χ3v) is 3.84. The summed E-state index contributed by atoms with van der Waals surface area (Å²) >= 11 is 0. The molecule has 0 unspecified atom stereocenters. The number of hydrogen-bond donors (Lipinski definition) is 1. The fourth-order valence-corrected chi connectivity index (χ4v) is 2.34. The molecule has 1 heterocycles. The number of ether oxygens (including phenoxy) is 1. The molecule has 1 N–H and O–H groups in total. The summed E-state index contributed by atoms with van der Waals surface area (Å²) < 4.78 is 11.1. The smallest absolute Gasteiger partial charge is 0.257 e. The van der Waals surface area contributed by atoms with Crippen LogP contribution in [0.5, 0.6) is 5.75 Å². The molecule has 2 aromatic carbocycles. The number of benzene rings is 2. The molecule has 26 heavy (non-hydrogen) atoms. The van der Waals surface area contributed by atoms with Gasteiger partial charge in [-0.2, -0.15) is 0 Å². The number of carbonyl (C=O) groups is 1. The number of nitrogens with one attached hydrogen (secondary N) is 1. The van der Waals surface area contributed by atoms with Gasteiger partial charge in [0.2, 0.25) is 0 Å². The van der Waals surface area contributed by atoms with Crippen molar-refractivity contribution in [2.75, 3.05) is 5.32 Å². The Kier molecular flexibility index (Phi) is 5.07. The zero-order chi connectivity index (χ0) is 18.6. The third-order valence-electron chi connectivity index (χ3n) is 3.84. The monoisotopic (exact) mass is 350 g/mol. The number of rotatable bonds is 5. The van der Waals surface area contributed by atoms with Gasteiger partial charge in [-0.25, -0.2) is 0 Å². The summed E-state index contributed by atoms with van der Waals surface area (Å²) in [5, 5.41) is 6.66. The van der Waals surface area contributed by atoms with Crippen molar-refractivity contribution in [3.63, 3.8) is 0 Å². The lowest BCUT2D eigenvalue weighted by Crippen LogP contribution is -2.12. The standard InChI is InChI=1S/C21H22N2O3/c1-21(2,3)18-13-19(23-26-18)22-20(24)16-10-7-11-17(12-16)25-14-15-8-5-4-6-9-15/h4-13H,14H2,1-3H3,(H,22,23,24). The molecular weight excluding hydrogens is 328 g/mol. The summed E-state index contributed by atoms with van der Waals surface area (Å²) in [7, 11) is 0. The molecular formula is C21H22N2O3. The number of aromatic nitrogens is 1. The van der Waals surface area contributed by atoms with Crippen LogP contribution in [-0.4, -0.2) is 11.1 Å². The molecule has 0 spiro atoms. The van der Waals surface area contributed by atoms with Gasteiger partial charge in [-0.3, -0.25) is 4.79 Å². The zero-order valence-electron chi connectivity index (χ0n) is 15.2. The van der Waals surface area contributed by atoms with Gasteiger partial charge in [-0.05, 0) is 23.8 Å². The van der Waals surface area contributed by atoms with Gasteiger partial charge in [0.15, 0.2) is 5.82 Å². The minimum Gasteiger partial charge on any atom is -0.489 e. The number of amides is 1. The van der Waals surface area contributed by atoms with Crippen molar-refractivity contribution < 1.29 is 14.1 Å². The largest absolute Gasteiger partial charge is 0.489 e. The van der Waals surface area contributed by atoms with E-state index in [0.717, 1.165) is 5.56 Å². The molecule has 0 fully saturated rings. The molecule has 0 aliphatic carbocycles. The van der Waals surface area contributed by atoms with Gasteiger partial charge in [0.25, 0.3) is 5.91 Å². The van der Waals surface area contributed by atoms with Crippen LogP contribution >= 0.6 is 0 Å². The van der Waals surface area contributed by atoms with Crippen molar-refractivity contribution in [2.45, 2.75) is 32.8 Å². The van der Waals surface area contributed by atoms with E-state index in [1.165, 1.54) is 0 Å². The summed E-state index contributed by atoms with van der Waals surface area (Å²) in [6.07, 6.45) is 0. The summed E-state index contributed by atoms with van der Waals surface area (Å²) in [6, 6.07) is 18.7. The van der Waals surface area contributed by atoms with Gasteiger partial charge in [-0.15, -0.1) is 0 Å². The van der Waals surface area contributed by atoms with Crippen molar-refractivity contribution in [2.24, 2.45) is 0 Å². The lowest BCUT2D eigenvalue weighted by atomic mass is 9.93. The molecule has 0 saturated heterocycles. The Morgan fingerprint density at radius 3 is 2.54 bits per heavy atom. The molecule has 0 aliphatic rings. The minimum absolute atomic E-state index is 0.166. The topological polar surface area (TPSA) is 64.4 Å². The van der Waals surface area contributed by atoms with Gasteiger partial charge < -0.3 is 14.6 Å². The van der Waals surface area contributed by atoms with Crippen molar-refractivity contribution in [1.82, 2.24) is 5.16 Å². The second kappa shape index (κ2) is 7.44. The van der Waals surface area contributed by atoms with Crippen LogP contribution < -0.4 is 10.1 Å². The fraction of sp³-hybridized carbons (Fsp3) is 0.238. The first-order chi connectivity index (χ1) is 12.4. The second-order valence-electron chi connectivity index (χ2n) is 7.08. The third kappa shape index (κ3) is 4.51. The van der Waals surface area contributed by atoms with Gasteiger partial charge in [-0.1, -0.05) is 62.3 Å². The predicted molar refractivity (Wildman–Crippen MR) is 100 cm³/mol. The first kappa shape index (κ1) is 17.7. The lowest BCUT2D eigenvalue weighted by molar-refractivity contribution is 0.102. The molecule has 134 valence electrons. The first-order valence-electron chi connectivity index (χ1n) is 8.47. The van der Waals surface area contributed by atoms with E-state index < -0.39 is 0 Å². The van der Waals surface area contributed by atoms with E-state index >= 15 is 0 Å². The van der Waals surface area contributed by atoms with Crippen LogP contribution in [0.2, 0.25) is 0 Å². The number of hydrogen-bond acceptors (Lipinski definition) is 4.